The van der Waals surface area contributed by atoms with Gasteiger partial charge in [-0.3, -0.25) is 0 Å². The van der Waals surface area contributed by atoms with E-state index in [4.69, 9.17) is 14.2 Å². The lowest BCUT2D eigenvalue weighted by Gasteiger charge is -2.13. The maximum atomic E-state index is 5.71. The lowest BCUT2D eigenvalue weighted by atomic mass is 10.2. The van der Waals surface area contributed by atoms with Gasteiger partial charge in [-0.05, 0) is 31.4 Å². The summed E-state index contributed by atoms with van der Waals surface area (Å²) in [6.07, 6.45) is 2.59. The summed E-state index contributed by atoms with van der Waals surface area (Å²) < 4.78 is 16.5. The van der Waals surface area contributed by atoms with Crippen molar-refractivity contribution >= 4 is 0 Å². The summed E-state index contributed by atoms with van der Waals surface area (Å²) in [7, 11) is 1.66. The van der Waals surface area contributed by atoms with Gasteiger partial charge in [-0.25, -0.2) is 0 Å². The molecule has 0 saturated heterocycles. The second kappa shape index (κ2) is 7.36. The van der Waals surface area contributed by atoms with Gasteiger partial charge in [0.1, 0.15) is 11.5 Å². The van der Waals surface area contributed by atoms with Crippen LogP contribution in [-0.2, 0) is 11.3 Å². The molecule has 19 heavy (non-hydrogen) atoms. The summed E-state index contributed by atoms with van der Waals surface area (Å²) in [6.45, 7) is 4.93. The van der Waals surface area contributed by atoms with Crippen LogP contribution in [0.1, 0.15) is 25.3 Å². The fourth-order valence-electron chi connectivity index (χ4n) is 1.81. The highest BCUT2D eigenvalue weighted by atomic mass is 16.7. The molecule has 0 spiro atoms. The molecule has 1 aliphatic rings. The fourth-order valence-corrected chi connectivity index (χ4v) is 1.81. The summed E-state index contributed by atoms with van der Waals surface area (Å²) in [4.78, 5) is 0. The first kappa shape index (κ1) is 14.2. The van der Waals surface area contributed by atoms with Gasteiger partial charge in [-0.1, -0.05) is 13.0 Å². The molecule has 1 aliphatic carbocycles. The predicted octanol–water partition coefficient (Wildman–Crippen LogP) is 2.57. The first-order chi connectivity index (χ1) is 9.33. The van der Waals surface area contributed by atoms with Gasteiger partial charge in [0.15, 0.2) is 6.79 Å². The lowest BCUT2D eigenvalue weighted by Crippen LogP contribution is -2.14. The number of hydrogen-bond donors (Lipinski definition) is 1. The van der Waals surface area contributed by atoms with Crippen LogP contribution in [-0.4, -0.2) is 27.1 Å². The molecule has 1 saturated carbocycles. The minimum absolute atomic E-state index is 0.308. The molecule has 1 aromatic rings. The van der Waals surface area contributed by atoms with Crippen LogP contribution < -0.4 is 14.8 Å². The first-order valence-corrected chi connectivity index (χ1v) is 6.91. The molecular formula is C15H23NO3. The number of benzene rings is 1. The van der Waals surface area contributed by atoms with E-state index in [0.717, 1.165) is 42.7 Å². The van der Waals surface area contributed by atoms with Crippen molar-refractivity contribution in [2.45, 2.75) is 26.3 Å². The molecule has 0 radical (unpaired) electrons. The van der Waals surface area contributed by atoms with E-state index in [1.165, 1.54) is 12.8 Å². The normalized spacial score (nSPS) is 14.4. The molecule has 4 heteroatoms. The van der Waals surface area contributed by atoms with Crippen LogP contribution in [0.4, 0.5) is 0 Å². The topological polar surface area (TPSA) is 39.7 Å². The van der Waals surface area contributed by atoms with E-state index in [1.54, 1.807) is 7.11 Å². The highest BCUT2D eigenvalue weighted by Gasteiger charge is 2.21. The highest BCUT2D eigenvalue weighted by molar-refractivity contribution is 5.40. The summed E-state index contributed by atoms with van der Waals surface area (Å²) in [5.74, 6) is 2.39. The van der Waals surface area contributed by atoms with E-state index in [9.17, 15) is 0 Å². The zero-order chi connectivity index (χ0) is 13.5. The smallest absolute Gasteiger partial charge is 0.189 e. The van der Waals surface area contributed by atoms with Gasteiger partial charge in [0, 0.05) is 18.2 Å². The molecule has 0 bridgehead atoms. The highest BCUT2D eigenvalue weighted by Crippen LogP contribution is 2.29. The summed E-state index contributed by atoms with van der Waals surface area (Å²) >= 11 is 0. The Labute approximate surface area is 115 Å². The van der Waals surface area contributed by atoms with Gasteiger partial charge in [-0.2, -0.15) is 0 Å². The summed E-state index contributed by atoms with van der Waals surface area (Å²) in [5.41, 5.74) is 1.12. The average Bonchev–Trinajstić information content (AvgIpc) is 3.26. The molecule has 1 N–H and O–H groups in total. The first-order valence-electron chi connectivity index (χ1n) is 6.91. The molecule has 0 amide bonds. The summed E-state index contributed by atoms with van der Waals surface area (Å²) in [6, 6.07) is 5.88. The van der Waals surface area contributed by atoms with E-state index >= 15 is 0 Å². The molecule has 4 nitrogen and oxygen atoms in total. The van der Waals surface area contributed by atoms with Crippen molar-refractivity contribution < 1.29 is 14.2 Å². The lowest BCUT2D eigenvalue weighted by molar-refractivity contribution is 0.00933. The Morgan fingerprint density at radius 1 is 1.32 bits per heavy atom. The number of hydrogen-bond acceptors (Lipinski definition) is 4. The third kappa shape index (κ3) is 4.73. The number of ether oxygens (including phenoxy) is 3. The Bertz CT molecular complexity index is 391. The predicted molar refractivity (Wildman–Crippen MR) is 74.5 cm³/mol. The second-order valence-corrected chi connectivity index (χ2v) is 4.83. The summed E-state index contributed by atoms with van der Waals surface area (Å²) in [5, 5.41) is 3.30. The Balaban J connectivity index is 1.88. The van der Waals surface area contributed by atoms with Crippen molar-refractivity contribution in [2.75, 3.05) is 27.1 Å². The van der Waals surface area contributed by atoms with Gasteiger partial charge in [-0.15, -0.1) is 0 Å². The molecular weight excluding hydrogens is 242 g/mol. The van der Waals surface area contributed by atoms with Crippen LogP contribution >= 0.6 is 0 Å². The molecule has 1 fully saturated rings. The van der Waals surface area contributed by atoms with Crippen LogP contribution in [0.5, 0.6) is 11.5 Å². The minimum atomic E-state index is 0.308. The molecule has 2 rings (SSSR count). The molecule has 0 aliphatic heterocycles. The van der Waals surface area contributed by atoms with Gasteiger partial charge in [0.25, 0.3) is 0 Å². The van der Waals surface area contributed by atoms with E-state index < -0.39 is 0 Å². The second-order valence-electron chi connectivity index (χ2n) is 4.83. The van der Waals surface area contributed by atoms with Gasteiger partial charge >= 0.3 is 0 Å². The van der Waals surface area contributed by atoms with E-state index in [2.05, 4.69) is 12.2 Å². The Morgan fingerprint density at radius 3 is 2.84 bits per heavy atom. The van der Waals surface area contributed by atoms with Crippen molar-refractivity contribution in [1.29, 1.82) is 0 Å². The molecule has 106 valence electrons. The molecule has 0 unspecified atom stereocenters. The van der Waals surface area contributed by atoms with Gasteiger partial charge < -0.3 is 19.5 Å². The monoisotopic (exact) mass is 265 g/mol. The standard InChI is InChI=1S/C15H23NO3/c1-3-16-9-13-6-7-14(17-2)8-15(13)19-11-18-10-12-4-5-12/h6-8,12,16H,3-5,9-11H2,1-2H3. The van der Waals surface area contributed by atoms with Crippen LogP contribution in [0.2, 0.25) is 0 Å². The Morgan fingerprint density at radius 2 is 2.16 bits per heavy atom. The molecule has 0 atom stereocenters. The number of methoxy groups -OCH3 is 1. The van der Waals surface area contributed by atoms with Crippen molar-refractivity contribution in [3.05, 3.63) is 23.8 Å². The number of nitrogens with one attached hydrogen (secondary N) is 1. The molecule has 1 aromatic carbocycles. The SMILES string of the molecule is CCNCc1ccc(OC)cc1OCOCC1CC1. The Hall–Kier alpha value is -1.26. The van der Waals surface area contributed by atoms with Crippen LogP contribution in [0.3, 0.4) is 0 Å². The van der Waals surface area contributed by atoms with E-state index in [0.29, 0.717) is 6.79 Å². The van der Waals surface area contributed by atoms with Crippen molar-refractivity contribution in [3.63, 3.8) is 0 Å². The van der Waals surface area contributed by atoms with Gasteiger partial charge in [0.2, 0.25) is 0 Å². The van der Waals surface area contributed by atoms with Gasteiger partial charge in [0.05, 0.1) is 13.7 Å². The maximum absolute atomic E-state index is 5.71. The van der Waals surface area contributed by atoms with Crippen molar-refractivity contribution in [3.8, 4) is 11.5 Å². The number of rotatable bonds is 9. The van der Waals surface area contributed by atoms with Crippen molar-refractivity contribution in [2.24, 2.45) is 5.92 Å². The van der Waals surface area contributed by atoms with Crippen LogP contribution in [0.25, 0.3) is 0 Å². The van der Waals surface area contributed by atoms with Crippen molar-refractivity contribution in [1.82, 2.24) is 5.32 Å². The zero-order valence-corrected chi connectivity index (χ0v) is 11.8. The zero-order valence-electron chi connectivity index (χ0n) is 11.8. The van der Waals surface area contributed by atoms with E-state index in [1.807, 2.05) is 18.2 Å². The largest absolute Gasteiger partial charge is 0.497 e. The molecule has 0 heterocycles. The quantitative estimate of drug-likeness (QED) is 0.550. The average molecular weight is 265 g/mol. The molecule has 0 aromatic heterocycles. The Kier molecular flexibility index (Phi) is 5.48. The minimum Gasteiger partial charge on any atom is -0.497 e. The third-order valence-corrected chi connectivity index (χ3v) is 3.19. The van der Waals surface area contributed by atoms with Crippen LogP contribution in [0, 0.1) is 5.92 Å². The maximum Gasteiger partial charge on any atom is 0.189 e. The fraction of sp³-hybridized carbons (Fsp3) is 0.600. The third-order valence-electron chi connectivity index (χ3n) is 3.19. The van der Waals surface area contributed by atoms with Crippen LogP contribution in [0.15, 0.2) is 18.2 Å². The van der Waals surface area contributed by atoms with E-state index in [-0.39, 0.29) is 0 Å².